The molecule has 0 bridgehead atoms. The van der Waals surface area contributed by atoms with Gasteiger partial charge in [0, 0.05) is 13.2 Å². The van der Waals surface area contributed by atoms with Crippen molar-refractivity contribution in [2.24, 2.45) is 7.05 Å². The van der Waals surface area contributed by atoms with E-state index in [-0.39, 0.29) is 0 Å². The van der Waals surface area contributed by atoms with Gasteiger partial charge in [-0.25, -0.2) is 0 Å². The molecule has 0 fully saturated rings. The van der Waals surface area contributed by atoms with E-state index in [0.29, 0.717) is 0 Å². The van der Waals surface area contributed by atoms with Crippen LogP contribution < -0.4 is 0 Å². The highest BCUT2D eigenvalue weighted by molar-refractivity contribution is 5.76. The monoisotopic (exact) mass is 145 g/mol. The summed E-state index contributed by atoms with van der Waals surface area (Å²) in [6.07, 6.45) is 7.38. The summed E-state index contributed by atoms with van der Waals surface area (Å²) >= 11 is 0. The fourth-order valence-corrected chi connectivity index (χ4v) is 1.56. The van der Waals surface area contributed by atoms with Crippen molar-refractivity contribution in [2.75, 3.05) is 0 Å². The lowest BCUT2D eigenvalue weighted by molar-refractivity contribution is 0.902. The second kappa shape index (κ2) is 2.12. The molecular weight excluding hydrogens is 134 g/mol. The average molecular weight is 145 g/mol. The van der Waals surface area contributed by atoms with Crippen molar-refractivity contribution in [3.05, 3.63) is 36.2 Å². The molecule has 11 heavy (non-hydrogen) atoms. The summed E-state index contributed by atoms with van der Waals surface area (Å²) in [5, 5.41) is 0. The summed E-state index contributed by atoms with van der Waals surface area (Å²) in [6.45, 7) is 4.02. The van der Waals surface area contributed by atoms with Crippen LogP contribution in [-0.2, 0) is 7.05 Å². The van der Waals surface area contributed by atoms with Gasteiger partial charge < -0.3 is 4.57 Å². The van der Waals surface area contributed by atoms with E-state index in [4.69, 9.17) is 0 Å². The molecule has 0 saturated heterocycles. The van der Waals surface area contributed by atoms with E-state index in [1.807, 2.05) is 0 Å². The summed E-state index contributed by atoms with van der Waals surface area (Å²) in [5.41, 5.74) is 3.80. The van der Waals surface area contributed by atoms with Gasteiger partial charge in [-0.1, -0.05) is 18.7 Å². The van der Waals surface area contributed by atoms with Crippen LogP contribution >= 0.6 is 0 Å². The van der Waals surface area contributed by atoms with Crippen LogP contribution in [0.15, 0.2) is 24.9 Å². The molecule has 1 heteroatoms. The van der Waals surface area contributed by atoms with Crippen LogP contribution in [0.2, 0.25) is 0 Å². The highest BCUT2D eigenvalue weighted by Gasteiger charge is 2.10. The Morgan fingerprint density at radius 3 is 3.09 bits per heavy atom. The van der Waals surface area contributed by atoms with E-state index in [9.17, 15) is 0 Å². The van der Waals surface area contributed by atoms with Crippen LogP contribution in [0.4, 0.5) is 0 Å². The zero-order valence-electron chi connectivity index (χ0n) is 6.67. The molecule has 1 aliphatic carbocycles. The SMILES string of the molecule is C=C1CC=Cc2ccn(C)c21. The first-order chi connectivity index (χ1) is 5.29. The molecule has 0 amide bonds. The normalized spacial score (nSPS) is 15.2. The Labute approximate surface area is 66.7 Å². The average Bonchev–Trinajstić information content (AvgIpc) is 2.34. The van der Waals surface area contributed by atoms with Gasteiger partial charge in [-0.05, 0) is 23.6 Å². The lowest BCUT2D eigenvalue weighted by atomic mass is 10.0. The summed E-state index contributed by atoms with van der Waals surface area (Å²) in [4.78, 5) is 0. The maximum atomic E-state index is 4.02. The molecule has 56 valence electrons. The number of aryl methyl sites for hydroxylation is 1. The predicted octanol–water partition coefficient (Wildman–Crippen LogP) is 2.46. The van der Waals surface area contributed by atoms with Crippen molar-refractivity contribution < 1.29 is 0 Å². The number of aromatic nitrogens is 1. The predicted molar refractivity (Wildman–Crippen MR) is 48.1 cm³/mol. The molecule has 0 aliphatic heterocycles. The molecule has 2 rings (SSSR count). The topological polar surface area (TPSA) is 4.93 Å². The molecule has 0 aromatic carbocycles. The molecule has 1 aromatic rings. The highest BCUT2D eigenvalue weighted by atomic mass is 14.9. The molecule has 0 radical (unpaired) electrons. The lowest BCUT2D eigenvalue weighted by Crippen LogP contribution is -1.97. The molecule has 0 spiro atoms. The van der Waals surface area contributed by atoms with Gasteiger partial charge in [-0.15, -0.1) is 0 Å². The summed E-state index contributed by atoms with van der Waals surface area (Å²) in [5.74, 6) is 0. The van der Waals surface area contributed by atoms with Crippen LogP contribution in [0.25, 0.3) is 11.6 Å². The second-order valence-corrected chi connectivity index (χ2v) is 2.94. The van der Waals surface area contributed by atoms with Crippen LogP contribution in [-0.4, -0.2) is 4.57 Å². The lowest BCUT2D eigenvalue weighted by Gasteiger charge is -2.10. The van der Waals surface area contributed by atoms with Crippen molar-refractivity contribution >= 4 is 11.6 Å². The summed E-state index contributed by atoms with van der Waals surface area (Å²) in [7, 11) is 2.06. The quantitative estimate of drug-likeness (QED) is 0.528. The van der Waals surface area contributed by atoms with Gasteiger partial charge in [-0.2, -0.15) is 0 Å². The van der Waals surface area contributed by atoms with E-state index in [1.165, 1.54) is 16.8 Å². The fraction of sp³-hybridized carbons (Fsp3) is 0.200. The van der Waals surface area contributed by atoms with Gasteiger partial charge in [0.15, 0.2) is 0 Å². The molecule has 0 saturated carbocycles. The molecule has 1 heterocycles. The van der Waals surface area contributed by atoms with E-state index in [1.54, 1.807) is 0 Å². The standard InChI is InChI=1S/C10H11N/c1-8-4-3-5-9-6-7-11(2)10(8)9/h3,5-7H,1,4H2,2H3. The summed E-state index contributed by atoms with van der Waals surface area (Å²) < 4.78 is 2.13. The Morgan fingerprint density at radius 1 is 1.55 bits per heavy atom. The Balaban J connectivity index is 2.67. The van der Waals surface area contributed by atoms with Crippen molar-refractivity contribution in [2.45, 2.75) is 6.42 Å². The second-order valence-electron chi connectivity index (χ2n) is 2.94. The Morgan fingerprint density at radius 2 is 2.36 bits per heavy atom. The molecular formula is C10H11N. The van der Waals surface area contributed by atoms with Gasteiger partial charge in [0.2, 0.25) is 0 Å². The first-order valence-electron chi connectivity index (χ1n) is 3.79. The summed E-state index contributed by atoms with van der Waals surface area (Å²) in [6, 6.07) is 2.12. The van der Waals surface area contributed by atoms with Crippen LogP contribution in [0.1, 0.15) is 17.7 Å². The third kappa shape index (κ3) is 0.845. The third-order valence-electron chi connectivity index (χ3n) is 2.10. The van der Waals surface area contributed by atoms with Crippen LogP contribution in [0.5, 0.6) is 0 Å². The first kappa shape index (κ1) is 6.47. The maximum Gasteiger partial charge on any atom is 0.0507 e. The molecule has 1 aliphatic rings. The Kier molecular flexibility index (Phi) is 1.25. The number of hydrogen-bond acceptors (Lipinski definition) is 0. The zero-order valence-corrected chi connectivity index (χ0v) is 6.67. The van der Waals surface area contributed by atoms with E-state index in [2.05, 4.69) is 42.6 Å². The molecule has 0 unspecified atom stereocenters. The minimum atomic E-state index is 0.991. The number of allylic oxidation sites excluding steroid dienone is 2. The molecule has 1 nitrogen and oxygen atoms in total. The van der Waals surface area contributed by atoms with Crippen molar-refractivity contribution in [3.8, 4) is 0 Å². The Hall–Kier alpha value is -1.24. The van der Waals surface area contributed by atoms with E-state index in [0.717, 1.165) is 6.42 Å². The maximum absolute atomic E-state index is 4.02. The fourth-order valence-electron chi connectivity index (χ4n) is 1.56. The van der Waals surface area contributed by atoms with Crippen LogP contribution in [0.3, 0.4) is 0 Å². The minimum Gasteiger partial charge on any atom is -0.350 e. The number of fused-ring (bicyclic) bond motifs is 1. The van der Waals surface area contributed by atoms with E-state index >= 15 is 0 Å². The third-order valence-corrected chi connectivity index (χ3v) is 2.10. The van der Waals surface area contributed by atoms with Gasteiger partial charge in [0.1, 0.15) is 0 Å². The highest BCUT2D eigenvalue weighted by Crippen LogP contribution is 2.27. The first-order valence-corrected chi connectivity index (χ1v) is 3.79. The molecule has 0 atom stereocenters. The number of nitrogens with zero attached hydrogens (tertiary/aromatic N) is 1. The van der Waals surface area contributed by atoms with Crippen LogP contribution in [0, 0.1) is 0 Å². The Bertz CT molecular complexity index is 329. The molecule has 0 N–H and O–H groups in total. The van der Waals surface area contributed by atoms with Gasteiger partial charge in [-0.3, -0.25) is 0 Å². The van der Waals surface area contributed by atoms with Crippen molar-refractivity contribution in [3.63, 3.8) is 0 Å². The number of rotatable bonds is 0. The van der Waals surface area contributed by atoms with Gasteiger partial charge in [0.25, 0.3) is 0 Å². The largest absolute Gasteiger partial charge is 0.350 e. The number of hydrogen-bond donors (Lipinski definition) is 0. The van der Waals surface area contributed by atoms with Crippen molar-refractivity contribution in [1.29, 1.82) is 0 Å². The smallest absolute Gasteiger partial charge is 0.0507 e. The van der Waals surface area contributed by atoms with Crippen molar-refractivity contribution in [1.82, 2.24) is 4.57 Å². The zero-order chi connectivity index (χ0) is 7.84. The van der Waals surface area contributed by atoms with Gasteiger partial charge in [0.05, 0.1) is 5.69 Å². The van der Waals surface area contributed by atoms with E-state index < -0.39 is 0 Å². The molecule has 1 aromatic heterocycles. The van der Waals surface area contributed by atoms with Gasteiger partial charge >= 0.3 is 0 Å². The minimum absolute atomic E-state index is 0.991.